The summed E-state index contributed by atoms with van der Waals surface area (Å²) in [4.78, 5) is 10.5. The Labute approximate surface area is 159 Å². The van der Waals surface area contributed by atoms with Crippen molar-refractivity contribution >= 4 is 17.7 Å². The minimum atomic E-state index is -0.885. The highest BCUT2D eigenvalue weighted by atomic mass is 32.2. The Morgan fingerprint density at radius 2 is 1.88 bits per heavy atom. The molecule has 4 nitrogen and oxygen atoms in total. The molecule has 0 aliphatic carbocycles. The smallest absolute Gasteiger partial charge is 0.328 e. The molecule has 1 unspecified atom stereocenters. The van der Waals surface area contributed by atoms with Crippen LogP contribution in [0.25, 0.3) is 0 Å². The largest absolute Gasteiger partial charge is 0.478 e. The Morgan fingerprint density at radius 3 is 2.58 bits per heavy atom. The summed E-state index contributed by atoms with van der Waals surface area (Å²) in [6, 6.07) is 9.89. The van der Waals surface area contributed by atoms with Crippen LogP contribution in [0.4, 0.5) is 0 Å². The zero-order valence-corrected chi connectivity index (χ0v) is 15.8. The topological polar surface area (TPSA) is 66.8 Å². The number of rotatable bonds is 10. The Morgan fingerprint density at radius 1 is 1.19 bits per heavy atom. The number of hydrogen-bond donors (Lipinski definition) is 2. The van der Waals surface area contributed by atoms with Crippen LogP contribution in [0.3, 0.4) is 0 Å². The van der Waals surface area contributed by atoms with Crippen LogP contribution in [0.1, 0.15) is 43.8 Å². The SMILES string of the molecule is O=C(O)C=CCSCC[C@@H]1[C@H](CCC(O)c2ccccc2)[C@@H]2CC[C@H]1O2. The highest BCUT2D eigenvalue weighted by Crippen LogP contribution is 2.47. The number of fused-ring (bicyclic) bond motifs is 2. The highest BCUT2D eigenvalue weighted by molar-refractivity contribution is 7.99. The van der Waals surface area contributed by atoms with E-state index in [0.29, 0.717) is 24.0 Å². The Balaban J connectivity index is 1.45. The van der Waals surface area contributed by atoms with Crippen molar-refractivity contribution in [2.75, 3.05) is 11.5 Å². The summed E-state index contributed by atoms with van der Waals surface area (Å²) in [7, 11) is 0. The molecule has 2 heterocycles. The summed E-state index contributed by atoms with van der Waals surface area (Å²) < 4.78 is 6.16. The van der Waals surface area contributed by atoms with Gasteiger partial charge in [0, 0.05) is 11.8 Å². The van der Waals surface area contributed by atoms with Crippen molar-refractivity contribution in [3.05, 3.63) is 48.0 Å². The van der Waals surface area contributed by atoms with Gasteiger partial charge in [0.1, 0.15) is 0 Å². The van der Waals surface area contributed by atoms with Crippen LogP contribution in [-0.2, 0) is 9.53 Å². The third-order valence-electron chi connectivity index (χ3n) is 5.62. The minimum Gasteiger partial charge on any atom is -0.478 e. The number of aliphatic hydroxyl groups excluding tert-OH is 1. The summed E-state index contributed by atoms with van der Waals surface area (Å²) in [6.07, 6.45) is 8.49. The molecule has 3 rings (SSSR count). The van der Waals surface area contributed by atoms with Crippen molar-refractivity contribution in [3.8, 4) is 0 Å². The standard InChI is InChI=1S/C21H28O4S/c22-18(15-5-2-1-3-6-15)9-8-16-17(20-11-10-19(16)25-20)12-14-26-13-4-7-21(23)24/h1-7,16-20,22H,8-14H2,(H,23,24)/t16-,17+,18?,19-,20+/m0/s1. The molecule has 1 aromatic rings. The van der Waals surface area contributed by atoms with Gasteiger partial charge in [-0.25, -0.2) is 4.79 Å². The van der Waals surface area contributed by atoms with Gasteiger partial charge in [0.15, 0.2) is 0 Å². The number of aliphatic carboxylic acids is 1. The van der Waals surface area contributed by atoms with Gasteiger partial charge in [-0.1, -0.05) is 36.4 Å². The first-order chi connectivity index (χ1) is 12.6. The molecule has 0 aromatic heterocycles. The molecule has 0 spiro atoms. The lowest BCUT2D eigenvalue weighted by Crippen LogP contribution is -2.28. The molecular weight excluding hydrogens is 348 g/mol. The molecule has 2 saturated heterocycles. The highest BCUT2D eigenvalue weighted by Gasteiger charge is 2.47. The van der Waals surface area contributed by atoms with E-state index in [1.807, 2.05) is 30.3 Å². The van der Waals surface area contributed by atoms with Crippen LogP contribution >= 0.6 is 11.8 Å². The number of carbonyl (C=O) groups is 1. The molecule has 1 aromatic carbocycles. The van der Waals surface area contributed by atoms with Crippen molar-refractivity contribution in [2.45, 2.75) is 50.4 Å². The predicted molar refractivity (Wildman–Crippen MR) is 104 cm³/mol. The molecule has 0 radical (unpaired) electrons. The average molecular weight is 377 g/mol. The minimum absolute atomic E-state index is 0.366. The number of aliphatic hydroxyl groups is 1. The van der Waals surface area contributed by atoms with Crippen LogP contribution in [0.5, 0.6) is 0 Å². The summed E-state index contributed by atoms with van der Waals surface area (Å²) in [5, 5.41) is 19.1. The van der Waals surface area contributed by atoms with Crippen molar-refractivity contribution in [2.24, 2.45) is 11.8 Å². The van der Waals surface area contributed by atoms with Gasteiger partial charge in [-0.2, -0.15) is 11.8 Å². The van der Waals surface area contributed by atoms with Gasteiger partial charge in [0.05, 0.1) is 18.3 Å². The number of thioether (sulfide) groups is 1. The van der Waals surface area contributed by atoms with Crippen LogP contribution in [0, 0.1) is 11.8 Å². The molecule has 2 aliphatic rings. The maximum absolute atomic E-state index is 10.5. The second kappa shape index (κ2) is 9.58. The molecule has 142 valence electrons. The van der Waals surface area contributed by atoms with Crippen molar-refractivity contribution in [1.82, 2.24) is 0 Å². The lowest BCUT2D eigenvalue weighted by Gasteiger charge is -2.28. The van der Waals surface area contributed by atoms with E-state index in [0.717, 1.165) is 49.2 Å². The Kier molecular flexibility index (Phi) is 7.17. The number of benzene rings is 1. The molecule has 26 heavy (non-hydrogen) atoms. The lowest BCUT2D eigenvalue weighted by atomic mass is 9.75. The van der Waals surface area contributed by atoms with Gasteiger partial charge in [0.2, 0.25) is 0 Å². The van der Waals surface area contributed by atoms with Crippen LogP contribution in [0.2, 0.25) is 0 Å². The fraction of sp³-hybridized carbons (Fsp3) is 0.571. The first kappa shape index (κ1) is 19.5. The molecule has 2 aliphatic heterocycles. The summed E-state index contributed by atoms with van der Waals surface area (Å²) >= 11 is 1.78. The van der Waals surface area contributed by atoms with Crippen LogP contribution < -0.4 is 0 Å². The Hall–Kier alpha value is -1.30. The van der Waals surface area contributed by atoms with E-state index < -0.39 is 12.1 Å². The first-order valence-corrected chi connectivity index (χ1v) is 10.7. The van der Waals surface area contributed by atoms with Gasteiger partial charge in [0.25, 0.3) is 0 Å². The second-order valence-corrected chi connectivity index (χ2v) is 8.38. The van der Waals surface area contributed by atoms with E-state index in [1.165, 1.54) is 6.08 Å². The normalized spacial score (nSPS) is 28.7. The summed E-state index contributed by atoms with van der Waals surface area (Å²) in [6.45, 7) is 0. The van der Waals surface area contributed by atoms with Gasteiger partial charge in [-0.05, 0) is 55.3 Å². The number of ether oxygens (including phenoxy) is 1. The quantitative estimate of drug-likeness (QED) is 0.476. The maximum Gasteiger partial charge on any atom is 0.328 e. The molecule has 2 N–H and O–H groups in total. The van der Waals surface area contributed by atoms with E-state index in [9.17, 15) is 9.90 Å². The number of hydrogen-bond acceptors (Lipinski definition) is 4. The van der Waals surface area contributed by atoms with Crippen molar-refractivity contribution < 1.29 is 19.7 Å². The number of carboxylic acid groups (broad SMARTS) is 1. The average Bonchev–Trinajstić information content (AvgIpc) is 3.24. The fourth-order valence-corrected chi connectivity index (χ4v) is 5.22. The second-order valence-electron chi connectivity index (χ2n) is 7.23. The molecule has 5 heteroatoms. The molecule has 2 bridgehead atoms. The van der Waals surface area contributed by atoms with Gasteiger partial charge in [-0.15, -0.1) is 0 Å². The predicted octanol–water partition coefficient (Wildman–Crippen LogP) is 4.06. The zero-order valence-electron chi connectivity index (χ0n) is 15.0. The van der Waals surface area contributed by atoms with Gasteiger partial charge < -0.3 is 14.9 Å². The fourth-order valence-electron chi connectivity index (χ4n) is 4.38. The van der Waals surface area contributed by atoms with Gasteiger partial charge >= 0.3 is 5.97 Å². The first-order valence-electron chi connectivity index (χ1n) is 9.51. The van der Waals surface area contributed by atoms with E-state index in [2.05, 4.69) is 0 Å². The zero-order chi connectivity index (χ0) is 18.4. The molecule has 0 saturated carbocycles. The summed E-state index contributed by atoms with van der Waals surface area (Å²) in [5.41, 5.74) is 0.994. The third kappa shape index (κ3) is 5.12. The van der Waals surface area contributed by atoms with Crippen LogP contribution in [-0.4, -0.2) is 39.9 Å². The molecular formula is C21H28O4S. The van der Waals surface area contributed by atoms with E-state index in [-0.39, 0.29) is 0 Å². The number of carboxylic acids is 1. The van der Waals surface area contributed by atoms with Gasteiger partial charge in [-0.3, -0.25) is 0 Å². The van der Waals surface area contributed by atoms with E-state index in [1.54, 1.807) is 17.8 Å². The Bertz CT molecular complexity index is 603. The van der Waals surface area contributed by atoms with E-state index in [4.69, 9.17) is 9.84 Å². The summed E-state index contributed by atoms with van der Waals surface area (Å²) in [5.74, 6) is 2.00. The van der Waals surface area contributed by atoms with Crippen molar-refractivity contribution in [1.29, 1.82) is 0 Å². The molecule has 2 fully saturated rings. The third-order valence-corrected chi connectivity index (χ3v) is 6.57. The lowest BCUT2D eigenvalue weighted by molar-refractivity contribution is -0.131. The monoisotopic (exact) mass is 376 g/mol. The maximum atomic E-state index is 10.5. The molecule has 5 atom stereocenters. The molecule has 0 amide bonds. The van der Waals surface area contributed by atoms with Crippen LogP contribution in [0.15, 0.2) is 42.5 Å². The van der Waals surface area contributed by atoms with E-state index >= 15 is 0 Å². The van der Waals surface area contributed by atoms with Crippen molar-refractivity contribution in [3.63, 3.8) is 0 Å².